The summed E-state index contributed by atoms with van der Waals surface area (Å²) in [6, 6.07) is 0. The molecule has 1 rings (SSSR count). The first kappa shape index (κ1) is 14.7. The Hall–Kier alpha value is -0.410. The molecule has 0 aromatic rings. The van der Waals surface area contributed by atoms with Crippen LogP contribution in [-0.4, -0.2) is 31.2 Å². The molecule has 0 atom stereocenters. The molecule has 1 saturated carbocycles. The van der Waals surface area contributed by atoms with Gasteiger partial charge in [-0.3, -0.25) is 4.79 Å². The van der Waals surface area contributed by atoms with Crippen LogP contribution in [0.25, 0.3) is 0 Å². The Labute approximate surface area is 105 Å². The molecule has 0 spiro atoms. The number of Topliss-reactive ketones (excluding diaryl/α,β-unsaturated/α-hetero) is 1. The molecule has 1 aliphatic rings. The van der Waals surface area contributed by atoms with Crippen molar-refractivity contribution >= 4 is 5.78 Å². The second-order valence-corrected chi connectivity index (χ2v) is 5.81. The van der Waals surface area contributed by atoms with Crippen molar-refractivity contribution in [2.24, 2.45) is 5.92 Å². The Morgan fingerprint density at radius 2 is 1.76 bits per heavy atom. The Morgan fingerprint density at radius 1 is 1.12 bits per heavy atom. The predicted octanol–water partition coefficient (Wildman–Crippen LogP) is 2.97. The highest BCUT2D eigenvalue weighted by atomic mass is 16.5. The first-order valence-electron chi connectivity index (χ1n) is 6.73. The summed E-state index contributed by atoms with van der Waals surface area (Å²) in [7, 11) is 0. The molecule has 0 aliphatic heterocycles. The van der Waals surface area contributed by atoms with E-state index in [2.05, 4.69) is 0 Å². The fourth-order valence-electron chi connectivity index (χ4n) is 2.12. The molecule has 3 heteroatoms. The second-order valence-electron chi connectivity index (χ2n) is 5.81. The highest BCUT2D eigenvalue weighted by Gasteiger charge is 2.20. The Bertz CT molecular complexity index is 224. The number of carbonyl (C=O) groups is 1. The fourth-order valence-corrected chi connectivity index (χ4v) is 2.12. The van der Waals surface area contributed by atoms with Crippen LogP contribution in [0.3, 0.4) is 0 Å². The first-order chi connectivity index (χ1) is 7.99. The molecular formula is C14H26O3. The average molecular weight is 242 g/mol. The number of hydrogen-bond acceptors (Lipinski definition) is 3. The monoisotopic (exact) mass is 242 g/mol. The molecule has 0 radical (unpaired) electrons. The maximum Gasteiger partial charge on any atom is 0.161 e. The minimum Gasteiger partial charge on any atom is -0.373 e. The van der Waals surface area contributed by atoms with Gasteiger partial charge in [-0.05, 0) is 33.6 Å². The summed E-state index contributed by atoms with van der Waals surface area (Å²) in [6.07, 6.45) is 5.79. The zero-order chi connectivity index (χ0) is 12.7. The van der Waals surface area contributed by atoms with Gasteiger partial charge in [0.1, 0.15) is 6.61 Å². The van der Waals surface area contributed by atoms with Crippen LogP contribution in [-0.2, 0) is 14.3 Å². The normalized spacial score (nSPS) is 18.3. The van der Waals surface area contributed by atoms with Gasteiger partial charge < -0.3 is 9.47 Å². The maximum absolute atomic E-state index is 11.8. The molecule has 0 N–H and O–H groups in total. The van der Waals surface area contributed by atoms with Gasteiger partial charge in [-0.15, -0.1) is 0 Å². The molecule has 0 aromatic carbocycles. The van der Waals surface area contributed by atoms with Gasteiger partial charge in [0.05, 0.1) is 18.8 Å². The molecule has 0 amide bonds. The number of rotatable bonds is 6. The van der Waals surface area contributed by atoms with Gasteiger partial charge in [-0.25, -0.2) is 0 Å². The summed E-state index contributed by atoms with van der Waals surface area (Å²) in [5.41, 5.74) is -0.128. The van der Waals surface area contributed by atoms with Gasteiger partial charge in [-0.2, -0.15) is 0 Å². The molecule has 3 nitrogen and oxygen atoms in total. The third-order valence-electron chi connectivity index (χ3n) is 3.07. The summed E-state index contributed by atoms with van der Waals surface area (Å²) in [4.78, 5) is 11.8. The summed E-state index contributed by atoms with van der Waals surface area (Å²) >= 11 is 0. The van der Waals surface area contributed by atoms with E-state index in [0.717, 1.165) is 12.8 Å². The molecule has 17 heavy (non-hydrogen) atoms. The van der Waals surface area contributed by atoms with E-state index in [1.165, 1.54) is 19.3 Å². The topological polar surface area (TPSA) is 35.5 Å². The Morgan fingerprint density at radius 3 is 2.35 bits per heavy atom. The van der Waals surface area contributed by atoms with Gasteiger partial charge in [0.15, 0.2) is 5.78 Å². The van der Waals surface area contributed by atoms with E-state index in [1.54, 1.807) is 0 Å². The van der Waals surface area contributed by atoms with Crippen LogP contribution >= 0.6 is 0 Å². The number of carbonyl (C=O) groups excluding carboxylic acids is 1. The van der Waals surface area contributed by atoms with Crippen LogP contribution in [0.1, 0.15) is 52.9 Å². The summed E-state index contributed by atoms with van der Waals surface area (Å²) < 4.78 is 10.9. The molecule has 0 aromatic heterocycles. The third-order valence-corrected chi connectivity index (χ3v) is 3.07. The summed E-state index contributed by atoms with van der Waals surface area (Å²) in [5.74, 6) is 0.535. The maximum atomic E-state index is 11.8. The summed E-state index contributed by atoms with van der Waals surface area (Å²) in [5, 5.41) is 0. The molecule has 0 bridgehead atoms. The molecule has 0 heterocycles. The van der Waals surface area contributed by atoms with Crippen LogP contribution in [0.4, 0.5) is 0 Å². The lowest BCUT2D eigenvalue weighted by molar-refractivity contribution is -0.129. The molecule has 0 saturated heterocycles. The van der Waals surface area contributed by atoms with E-state index >= 15 is 0 Å². The number of ketones is 1. The number of hydrogen-bond donors (Lipinski definition) is 0. The minimum atomic E-state index is -0.128. The van der Waals surface area contributed by atoms with Crippen molar-refractivity contribution in [1.82, 2.24) is 0 Å². The Balaban J connectivity index is 2.04. The molecule has 0 unspecified atom stereocenters. The van der Waals surface area contributed by atoms with Crippen LogP contribution in [0, 0.1) is 5.92 Å². The van der Waals surface area contributed by atoms with E-state index in [0.29, 0.717) is 13.2 Å². The predicted molar refractivity (Wildman–Crippen MR) is 68.1 cm³/mol. The Kier molecular flexibility index (Phi) is 6.14. The van der Waals surface area contributed by atoms with Crippen LogP contribution in [0.2, 0.25) is 0 Å². The molecule has 1 aliphatic carbocycles. The highest BCUT2D eigenvalue weighted by molar-refractivity contribution is 5.82. The summed E-state index contributed by atoms with van der Waals surface area (Å²) in [6.45, 7) is 7.37. The smallest absolute Gasteiger partial charge is 0.161 e. The van der Waals surface area contributed by atoms with Gasteiger partial charge in [-0.1, -0.05) is 19.3 Å². The largest absolute Gasteiger partial charge is 0.373 e. The van der Waals surface area contributed by atoms with E-state index in [9.17, 15) is 4.79 Å². The number of ether oxygens (including phenoxy) is 2. The fraction of sp³-hybridized carbons (Fsp3) is 0.929. The van der Waals surface area contributed by atoms with Crippen molar-refractivity contribution in [2.45, 2.75) is 58.5 Å². The first-order valence-corrected chi connectivity index (χ1v) is 6.73. The average Bonchev–Trinajstić information content (AvgIpc) is 2.28. The quantitative estimate of drug-likeness (QED) is 0.672. The van der Waals surface area contributed by atoms with Gasteiger partial charge in [0, 0.05) is 5.92 Å². The van der Waals surface area contributed by atoms with Crippen molar-refractivity contribution in [1.29, 1.82) is 0 Å². The molecular weight excluding hydrogens is 216 g/mol. The van der Waals surface area contributed by atoms with E-state index < -0.39 is 0 Å². The van der Waals surface area contributed by atoms with Crippen molar-refractivity contribution in [3.8, 4) is 0 Å². The standard InChI is InChI=1S/C14H26O3/c1-14(2,3)17-10-9-16-11-13(15)12-7-5-4-6-8-12/h12H,4-11H2,1-3H3. The second kappa shape index (κ2) is 7.12. The lowest BCUT2D eigenvalue weighted by Gasteiger charge is -2.21. The van der Waals surface area contributed by atoms with Crippen LogP contribution in [0.15, 0.2) is 0 Å². The van der Waals surface area contributed by atoms with E-state index in [1.807, 2.05) is 20.8 Å². The lowest BCUT2D eigenvalue weighted by Crippen LogP contribution is -2.25. The van der Waals surface area contributed by atoms with E-state index in [4.69, 9.17) is 9.47 Å². The van der Waals surface area contributed by atoms with E-state index in [-0.39, 0.29) is 23.9 Å². The van der Waals surface area contributed by atoms with Gasteiger partial charge in [0.25, 0.3) is 0 Å². The van der Waals surface area contributed by atoms with Crippen molar-refractivity contribution in [2.75, 3.05) is 19.8 Å². The zero-order valence-electron chi connectivity index (χ0n) is 11.5. The molecule has 1 fully saturated rings. The van der Waals surface area contributed by atoms with Gasteiger partial charge >= 0.3 is 0 Å². The third kappa shape index (κ3) is 6.79. The van der Waals surface area contributed by atoms with Crippen molar-refractivity contribution in [3.05, 3.63) is 0 Å². The molecule has 100 valence electrons. The van der Waals surface area contributed by atoms with Crippen molar-refractivity contribution < 1.29 is 14.3 Å². The van der Waals surface area contributed by atoms with Crippen LogP contribution in [0.5, 0.6) is 0 Å². The lowest BCUT2D eigenvalue weighted by atomic mass is 9.86. The highest BCUT2D eigenvalue weighted by Crippen LogP contribution is 2.24. The SMILES string of the molecule is CC(C)(C)OCCOCC(=O)C1CCCCC1. The minimum absolute atomic E-state index is 0.128. The zero-order valence-corrected chi connectivity index (χ0v) is 11.5. The van der Waals surface area contributed by atoms with Crippen LogP contribution < -0.4 is 0 Å². The van der Waals surface area contributed by atoms with Gasteiger partial charge in [0.2, 0.25) is 0 Å². The van der Waals surface area contributed by atoms with Crippen molar-refractivity contribution in [3.63, 3.8) is 0 Å².